The van der Waals surface area contributed by atoms with Crippen molar-refractivity contribution in [3.8, 4) is 28.4 Å². The lowest BCUT2D eigenvalue weighted by Gasteiger charge is -2.15. The van der Waals surface area contributed by atoms with E-state index in [1.54, 1.807) is 24.8 Å². The summed E-state index contributed by atoms with van der Waals surface area (Å²) in [5, 5.41) is 10.4. The summed E-state index contributed by atoms with van der Waals surface area (Å²) < 4.78 is 33.3. The number of aromatic nitrogens is 4. The van der Waals surface area contributed by atoms with Crippen LogP contribution in [0.5, 0.6) is 6.01 Å². The fourth-order valence-electron chi connectivity index (χ4n) is 4.63. The fraction of sp³-hybridized carbons (Fsp3) is 0.346. The van der Waals surface area contributed by atoms with Gasteiger partial charge in [-0.1, -0.05) is 35.9 Å². The molecular formula is C26H26ClN5O5S. The minimum Gasteiger partial charge on any atom is -0.456 e. The van der Waals surface area contributed by atoms with Crippen LogP contribution in [0.1, 0.15) is 5.69 Å². The Morgan fingerprint density at radius 3 is 2.63 bits per heavy atom. The maximum Gasteiger partial charge on any atom is 0.296 e. The fourth-order valence-corrected chi connectivity index (χ4v) is 5.33. The van der Waals surface area contributed by atoms with Crippen molar-refractivity contribution < 1.29 is 23.5 Å². The van der Waals surface area contributed by atoms with E-state index in [-0.39, 0.29) is 30.9 Å². The molecule has 0 unspecified atom stereocenters. The summed E-state index contributed by atoms with van der Waals surface area (Å²) >= 11 is 6.59. The van der Waals surface area contributed by atoms with E-state index in [0.29, 0.717) is 35.0 Å². The van der Waals surface area contributed by atoms with E-state index >= 15 is 0 Å². The van der Waals surface area contributed by atoms with Crippen LogP contribution in [0.15, 0.2) is 53.0 Å². The topological polar surface area (TPSA) is 132 Å². The first kappa shape index (κ1) is 25.2. The molecule has 38 heavy (non-hydrogen) atoms. The molecule has 1 aromatic carbocycles. The minimum absolute atomic E-state index is 0.230. The molecule has 10 nitrogen and oxygen atoms in total. The molecule has 2 saturated heterocycles. The third kappa shape index (κ3) is 5.12. The first-order valence-electron chi connectivity index (χ1n) is 12.1. The van der Waals surface area contributed by atoms with E-state index in [9.17, 15) is 9.32 Å². The summed E-state index contributed by atoms with van der Waals surface area (Å²) in [4.78, 5) is 16.6. The zero-order valence-corrected chi connectivity index (χ0v) is 22.3. The summed E-state index contributed by atoms with van der Waals surface area (Å²) in [6.07, 6.45) is 3.20. The first-order chi connectivity index (χ1) is 18.2. The molecular weight excluding hydrogens is 530 g/mol. The molecule has 2 N–H and O–H groups in total. The number of pyridine rings is 2. The van der Waals surface area contributed by atoms with Gasteiger partial charge in [-0.2, -0.15) is 4.98 Å². The number of hydrogen-bond acceptors (Lipinski definition) is 9. The maximum absolute atomic E-state index is 11.9. The number of aromatic amines is 1. The number of halogens is 1. The van der Waals surface area contributed by atoms with Crippen molar-refractivity contribution in [1.29, 1.82) is 0 Å². The number of ether oxygens (including phenoxy) is 3. The zero-order chi connectivity index (χ0) is 26.4. The van der Waals surface area contributed by atoms with Gasteiger partial charge < -0.3 is 19.3 Å². The smallest absolute Gasteiger partial charge is 0.296 e. The van der Waals surface area contributed by atoms with Crippen LogP contribution >= 0.6 is 11.6 Å². The Morgan fingerprint density at radius 1 is 1.08 bits per heavy atom. The van der Waals surface area contributed by atoms with Crippen molar-refractivity contribution in [3.63, 3.8) is 0 Å². The molecule has 6 rings (SSSR count). The van der Waals surface area contributed by atoms with Crippen LogP contribution in [0.3, 0.4) is 0 Å². The van der Waals surface area contributed by atoms with E-state index in [2.05, 4.69) is 19.3 Å². The number of nitrogens with zero attached hydrogens (tertiary/aromatic N) is 4. The molecule has 0 spiro atoms. The van der Waals surface area contributed by atoms with Crippen LogP contribution in [0, 0.1) is 0 Å². The predicted molar refractivity (Wildman–Crippen MR) is 144 cm³/mol. The maximum atomic E-state index is 11.9. The van der Waals surface area contributed by atoms with Crippen molar-refractivity contribution >= 4 is 32.5 Å². The third-order valence-electron chi connectivity index (χ3n) is 6.49. The van der Waals surface area contributed by atoms with Crippen molar-refractivity contribution in [1.82, 2.24) is 19.9 Å². The Labute approximate surface area is 224 Å². The summed E-state index contributed by atoms with van der Waals surface area (Å²) in [7, 11) is -2.19. The number of rotatable bonds is 6. The monoisotopic (exact) mass is 555 g/mol. The van der Waals surface area contributed by atoms with Crippen LogP contribution in [0.4, 0.5) is 0 Å². The predicted octanol–water partition coefficient (Wildman–Crippen LogP) is 3.47. The van der Waals surface area contributed by atoms with Crippen LogP contribution in [-0.4, -0.2) is 79.4 Å². The highest BCUT2D eigenvalue weighted by molar-refractivity contribution is 7.92. The van der Waals surface area contributed by atoms with E-state index in [4.69, 9.17) is 30.8 Å². The molecule has 2 fully saturated rings. The quantitative estimate of drug-likeness (QED) is 0.369. The van der Waals surface area contributed by atoms with E-state index < -0.39 is 15.8 Å². The largest absolute Gasteiger partial charge is 0.456 e. The number of nitrogens with one attached hydrogen (secondary N) is 1. The van der Waals surface area contributed by atoms with Gasteiger partial charge in [0, 0.05) is 34.0 Å². The van der Waals surface area contributed by atoms with Crippen molar-refractivity contribution in [2.75, 3.05) is 25.7 Å². The van der Waals surface area contributed by atoms with E-state index in [1.165, 1.54) is 0 Å². The van der Waals surface area contributed by atoms with Gasteiger partial charge >= 0.3 is 0 Å². The Kier molecular flexibility index (Phi) is 6.57. The van der Waals surface area contributed by atoms with Crippen LogP contribution < -0.4 is 4.74 Å². The summed E-state index contributed by atoms with van der Waals surface area (Å²) in [6, 6.07) is 13.8. The summed E-state index contributed by atoms with van der Waals surface area (Å²) in [5.74, 6) is 0. The molecule has 4 aromatic rings. The lowest BCUT2D eigenvalue weighted by molar-refractivity contribution is 0.00706. The van der Waals surface area contributed by atoms with Gasteiger partial charge in [-0.15, -0.1) is 0 Å². The molecule has 2 aliphatic rings. The van der Waals surface area contributed by atoms with Gasteiger partial charge in [0.05, 0.1) is 36.2 Å². The highest BCUT2D eigenvalue weighted by Gasteiger charge is 2.48. The number of imidazole rings is 1. The summed E-state index contributed by atoms with van der Waals surface area (Å²) in [6.45, 7) is 0.838. The second-order valence-electron chi connectivity index (χ2n) is 9.63. The highest BCUT2D eigenvalue weighted by atomic mass is 35.5. The lowest BCUT2D eigenvalue weighted by atomic mass is 10.0. The van der Waals surface area contributed by atoms with Crippen LogP contribution in [0.2, 0.25) is 5.02 Å². The summed E-state index contributed by atoms with van der Waals surface area (Å²) in [5.41, 5.74) is 5.31. The molecule has 2 aliphatic heterocycles. The number of fused-ring (bicyclic) bond motifs is 2. The standard InChI is InChI=1S/C26H26ClN5O5S/c1-38(2,34)29-11-17-9-16(7-8-28-17)14-3-5-15(6-4-14)22-18(27)10-19-25(31-22)32-26(30-19)37-21-13-36-23-20(33)12-35-24(21)23/h3-10,20-21,23-24,33H,11-13H2,1-2H3,(H,30,31,32)/t20-,21-,23-,24-/m1/s1. The Hall–Kier alpha value is -3.09. The molecule has 4 atom stereocenters. The molecule has 0 bridgehead atoms. The number of H-pyrrole nitrogens is 1. The molecule has 5 heterocycles. The molecule has 3 aromatic heterocycles. The van der Waals surface area contributed by atoms with Gasteiger partial charge in [0.1, 0.15) is 23.8 Å². The number of hydrogen-bond donors (Lipinski definition) is 2. The number of aliphatic hydroxyl groups excluding tert-OH is 1. The SMILES string of the molecule is CS(C)(=O)=NCc1cc(-c2ccc(-c3nc4[nH]c(O[C@@H]5CO[C@H]6[C@@H]5OC[C@H]6O)nc4cc3Cl)cc2)ccn1. The van der Waals surface area contributed by atoms with Gasteiger partial charge in [-0.05, 0) is 29.3 Å². The third-order valence-corrected chi connectivity index (χ3v) is 7.53. The molecule has 0 radical (unpaired) electrons. The lowest BCUT2D eigenvalue weighted by Crippen LogP contribution is -2.34. The second-order valence-corrected chi connectivity index (χ2v) is 12.7. The number of benzene rings is 1. The zero-order valence-electron chi connectivity index (χ0n) is 20.7. The van der Waals surface area contributed by atoms with Gasteiger partial charge in [0.25, 0.3) is 6.01 Å². The Morgan fingerprint density at radius 2 is 1.84 bits per heavy atom. The van der Waals surface area contributed by atoms with Crippen molar-refractivity contribution in [3.05, 3.63) is 59.4 Å². The van der Waals surface area contributed by atoms with Crippen molar-refractivity contribution in [2.45, 2.75) is 31.0 Å². The molecule has 0 saturated carbocycles. The average Bonchev–Trinajstić information content (AvgIpc) is 3.59. The first-order valence-corrected chi connectivity index (χ1v) is 14.8. The van der Waals surface area contributed by atoms with Crippen LogP contribution in [0.25, 0.3) is 33.5 Å². The minimum atomic E-state index is -2.19. The van der Waals surface area contributed by atoms with E-state index in [0.717, 1.165) is 22.4 Å². The molecule has 198 valence electrons. The normalized spacial score (nSPS) is 23.1. The van der Waals surface area contributed by atoms with E-state index in [1.807, 2.05) is 36.4 Å². The van der Waals surface area contributed by atoms with Gasteiger partial charge in [0.2, 0.25) is 0 Å². The van der Waals surface area contributed by atoms with Gasteiger partial charge in [-0.3, -0.25) is 14.2 Å². The Bertz CT molecular complexity index is 1610. The van der Waals surface area contributed by atoms with Crippen molar-refractivity contribution in [2.24, 2.45) is 4.36 Å². The molecule has 12 heteroatoms. The highest BCUT2D eigenvalue weighted by Crippen LogP contribution is 2.33. The average molecular weight is 556 g/mol. The number of aliphatic hydroxyl groups is 1. The molecule has 0 aliphatic carbocycles. The van der Waals surface area contributed by atoms with Gasteiger partial charge in [0.15, 0.2) is 11.8 Å². The molecule has 0 amide bonds. The van der Waals surface area contributed by atoms with Gasteiger partial charge in [-0.25, -0.2) is 9.35 Å². The van der Waals surface area contributed by atoms with Crippen LogP contribution in [-0.2, 0) is 25.7 Å². The Balaban J connectivity index is 1.22. The second kappa shape index (κ2) is 9.90.